The summed E-state index contributed by atoms with van der Waals surface area (Å²) < 4.78 is 11.9. The molecule has 2 aliphatic rings. The fourth-order valence-corrected chi connectivity index (χ4v) is 5.46. The van der Waals surface area contributed by atoms with Crippen molar-refractivity contribution in [1.82, 2.24) is 0 Å². The molecule has 0 fully saturated rings. The minimum atomic E-state index is -0.314. The molecule has 0 saturated heterocycles. The van der Waals surface area contributed by atoms with Crippen molar-refractivity contribution in [2.24, 2.45) is 4.99 Å². The van der Waals surface area contributed by atoms with Gasteiger partial charge in [-0.3, -0.25) is 4.90 Å². The molecule has 0 bridgehead atoms. The van der Waals surface area contributed by atoms with E-state index in [1.807, 2.05) is 36.4 Å². The molecule has 0 saturated carbocycles. The van der Waals surface area contributed by atoms with Crippen molar-refractivity contribution in [1.29, 1.82) is 0 Å². The Hall–Kier alpha value is -3.90. The summed E-state index contributed by atoms with van der Waals surface area (Å²) in [6, 6.07) is 30.0. The van der Waals surface area contributed by atoms with E-state index in [4.69, 9.17) is 14.5 Å². The molecule has 0 spiro atoms. The molecule has 1 N–H and O–H groups in total. The van der Waals surface area contributed by atoms with Gasteiger partial charge in [-0.15, -0.1) is 0 Å². The Balaban J connectivity index is 1.52. The van der Waals surface area contributed by atoms with Crippen LogP contribution in [0.15, 0.2) is 106 Å². The van der Waals surface area contributed by atoms with Gasteiger partial charge in [-0.05, 0) is 54.1 Å². The monoisotopic (exact) mass is 466 g/mol. The van der Waals surface area contributed by atoms with Crippen LogP contribution < -0.4 is 14.4 Å². The Morgan fingerprint density at radius 3 is 2.32 bits per heavy atom. The van der Waals surface area contributed by atoms with Gasteiger partial charge in [0.1, 0.15) is 23.4 Å². The predicted molar refractivity (Wildman–Crippen MR) is 135 cm³/mol. The number of methoxy groups -OCH3 is 1. The number of hydrogen-bond donors (Lipinski definition) is 1. The van der Waals surface area contributed by atoms with Gasteiger partial charge < -0.3 is 14.6 Å². The van der Waals surface area contributed by atoms with E-state index in [-0.39, 0.29) is 11.9 Å². The van der Waals surface area contributed by atoms with Crippen LogP contribution in [0.25, 0.3) is 0 Å². The first kappa shape index (κ1) is 20.7. The maximum absolute atomic E-state index is 10.1. The maximum Gasteiger partial charge on any atom is 0.160 e. The Bertz CT molecular complexity index is 1370. The van der Waals surface area contributed by atoms with Gasteiger partial charge in [0.25, 0.3) is 0 Å². The van der Waals surface area contributed by atoms with Crippen molar-refractivity contribution in [3.63, 3.8) is 0 Å². The summed E-state index contributed by atoms with van der Waals surface area (Å²) in [6.45, 7) is 0. The number of phenols is 1. The van der Waals surface area contributed by atoms with Gasteiger partial charge in [0.15, 0.2) is 11.5 Å². The first-order valence-electron chi connectivity index (χ1n) is 11.1. The van der Waals surface area contributed by atoms with Crippen LogP contribution in [0.4, 0.5) is 17.1 Å². The molecule has 0 radical (unpaired) electrons. The highest BCUT2D eigenvalue weighted by atomic mass is 32.2. The summed E-state index contributed by atoms with van der Waals surface area (Å²) in [5.74, 6) is 2.14. The van der Waals surface area contributed by atoms with Gasteiger partial charge in [-0.1, -0.05) is 54.2 Å². The average molecular weight is 467 g/mol. The van der Waals surface area contributed by atoms with Crippen molar-refractivity contribution in [2.45, 2.75) is 22.3 Å². The quantitative estimate of drug-likeness (QED) is 0.337. The minimum absolute atomic E-state index is 0.102. The lowest BCUT2D eigenvalue weighted by atomic mass is 10.0. The van der Waals surface area contributed by atoms with Crippen LogP contribution in [0.1, 0.15) is 18.1 Å². The third-order valence-corrected chi connectivity index (χ3v) is 7.15. The summed E-state index contributed by atoms with van der Waals surface area (Å²) in [6.07, 6.45) is 0.224. The highest BCUT2D eigenvalue weighted by molar-refractivity contribution is 7.99. The van der Waals surface area contributed by atoms with Crippen LogP contribution >= 0.6 is 11.8 Å². The predicted octanol–water partition coefficient (Wildman–Crippen LogP) is 7.26. The third-order valence-electron chi connectivity index (χ3n) is 6.02. The first-order valence-corrected chi connectivity index (χ1v) is 11.9. The smallest absolute Gasteiger partial charge is 0.160 e. The topological polar surface area (TPSA) is 54.3 Å². The lowest BCUT2D eigenvalue weighted by Gasteiger charge is -2.34. The molecule has 0 amide bonds. The van der Waals surface area contributed by atoms with Crippen LogP contribution in [0.5, 0.6) is 17.2 Å². The van der Waals surface area contributed by atoms with E-state index in [1.54, 1.807) is 24.9 Å². The molecular weight excluding hydrogens is 444 g/mol. The number of amidine groups is 1. The molecule has 2 aliphatic heterocycles. The number of rotatable bonds is 2. The van der Waals surface area contributed by atoms with Gasteiger partial charge in [0.2, 0.25) is 0 Å². The Labute approximate surface area is 202 Å². The van der Waals surface area contributed by atoms with Crippen LogP contribution in [-0.4, -0.2) is 18.1 Å². The third kappa shape index (κ3) is 3.56. The average Bonchev–Trinajstić information content (AvgIpc) is 3.07. The molecule has 4 aromatic carbocycles. The summed E-state index contributed by atoms with van der Waals surface area (Å²) in [7, 11) is 1.55. The fourth-order valence-electron chi connectivity index (χ4n) is 4.40. The van der Waals surface area contributed by atoms with E-state index < -0.39 is 0 Å². The number of para-hydroxylation sites is 4. The van der Waals surface area contributed by atoms with E-state index in [0.717, 1.165) is 34.2 Å². The Morgan fingerprint density at radius 2 is 1.59 bits per heavy atom. The Morgan fingerprint density at radius 1 is 0.912 bits per heavy atom. The molecule has 1 unspecified atom stereocenters. The van der Waals surface area contributed by atoms with Crippen LogP contribution in [0.3, 0.4) is 0 Å². The number of hydrogen-bond acceptors (Lipinski definition) is 6. The molecule has 0 aromatic heterocycles. The molecule has 2 heterocycles. The van der Waals surface area contributed by atoms with Gasteiger partial charge in [0, 0.05) is 16.2 Å². The number of aromatic hydroxyl groups is 1. The van der Waals surface area contributed by atoms with Crippen molar-refractivity contribution in [3.05, 3.63) is 96.6 Å². The van der Waals surface area contributed by atoms with Crippen molar-refractivity contribution in [2.75, 3.05) is 12.0 Å². The zero-order valence-electron chi connectivity index (χ0n) is 18.5. The van der Waals surface area contributed by atoms with Gasteiger partial charge in [-0.25, -0.2) is 4.99 Å². The number of phenolic OH excluding ortho intramolecular Hbond substituents is 1. The van der Waals surface area contributed by atoms with Gasteiger partial charge in [0.05, 0.1) is 18.5 Å². The number of aliphatic imine (C=N–C) groups is 1. The van der Waals surface area contributed by atoms with E-state index in [1.165, 1.54) is 9.79 Å². The molecule has 4 aromatic rings. The number of nitrogens with zero attached hydrogens (tertiary/aromatic N) is 2. The molecule has 6 rings (SSSR count). The largest absolute Gasteiger partial charge is 0.504 e. The molecule has 6 heteroatoms. The molecule has 5 nitrogen and oxygen atoms in total. The second kappa shape index (κ2) is 8.47. The van der Waals surface area contributed by atoms with Crippen molar-refractivity contribution < 1.29 is 14.6 Å². The Kier molecular flexibility index (Phi) is 5.15. The number of benzene rings is 4. The molecule has 0 aliphatic carbocycles. The highest BCUT2D eigenvalue weighted by Crippen LogP contribution is 2.50. The minimum Gasteiger partial charge on any atom is -0.504 e. The second-order valence-electron chi connectivity index (χ2n) is 8.11. The first-order chi connectivity index (χ1) is 16.7. The van der Waals surface area contributed by atoms with Crippen LogP contribution in [-0.2, 0) is 0 Å². The standard InChI is InChI=1S/C28H22N2O3S/c1-32-25-16-18(14-15-22(25)31)24-17-28(29-19-8-2-5-11-23(19)33-24)30-20-9-3-6-12-26(20)34-27-13-7-4-10-21(27)30/h2-16,24,31H,17H2,1H3. The zero-order valence-corrected chi connectivity index (χ0v) is 19.3. The van der Waals surface area contributed by atoms with E-state index in [2.05, 4.69) is 53.4 Å². The lowest BCUT2D eigenvalue weighted by molar-refractivity contribution is 0.216. The number of ether oxygens (including phenoxy) is 2. The van der Waals surface area contributed by atoms with E-state index >= 15 is 0 Å². The molecular formula is C28H22N2O3S. The summed E-state index contributed by atoms with van der Waals surface area (Å²) in [4.78, 5) is 9.74. The molecule has 34 heavy (non-hydrogen) atoms. The summed E-state index contributed by atoms with van der Waals surface area (Å²) in [5, 5.41) is 10.1. The number of anilines is 2. The van der Waals surface area contributed by atoms with E-state index in [0.29, 0.717) is 12.2 Å². The van der Waals surface area contributed by atoms with Crippen LogP contribution in [0.2, 0.25) is 0 Å². The zero-order chi connectivity index (χ0) is 23.1. The normalized spacial score (nSPS) is 16.3. The second-order valence-corrected chi connectivity index (χ2v) is 9.19. The van der Waals surface area contributed by atoms with Crippen molar-refractivity contribution in [3.8, 4) is 17.2 Å². The van der Waals surface area contributed by atoms with Gasteiger partial charge >= 0.3 is 0 Å². The summed E-state index contributed by atoms with van der Waals surface area (Å²) in [5.41, 5.74) is 3.91. The van der Waals surface area contributed by atoms with Crippen molar-refractivity contribution >= 4 is 34.7 Å². The number of fused-ring (bicyclic) bond motifs is 3. The molecule has 168 valence electrons. The lowest BCUT2D eigenvalue weighted by Crippen LogP contribution is -2.30. The molecule has 1 atom stereocenters. The summed E-state index contributed by atoms with van der Waals surface area (Å²) >= 11 is 1.77. The highest BCUT2D eigenvalue weighted by Gasteiger charge is 2.31. The van der Waals surface area contributed by atoms with E-state index in [9.17, 15) is 5.11 Å². The SMILES string of the molecule is COc1cc(C2CC(N3c4ccccc4Sc4ccccc43)=Nc3ccccc3O2)ccc1O. The van der Waals surface area contributed by atoms with Crippen LogP contribution in [0, 0.1) is 0 Å². The fraction of sp³-hybridized carbons (Fsp3) is 0.107. The van der Waals surface area contributed by atoms with Gasteiger partial charge in [-0.2, -0.15) is 0 Å². The maximum atomic E-state index is 10.1.